The van der Waals surface area contributed by atoms with Gasteiger partial charge in [-0.15, -0.1) is 6.08 Å². The van der Waals surface area contributed by atoms with Gasteiger partial charge in [0, 0.05) is 0 Å². The Kier molecular flexibility index (Phi) is 19.4. The third-order valence-corrected chi connectivity index (χ3v) is 8.90. The van der Waals surface area contributed by atoms with Crippen LogP contribution in [0.25, 0.3) is 5.73 Å². The SMILES string of the molecule is C/C([NH-])=C/C1C(C)C(C)C(C)C1C.CC1C(C)C(C)C(C)C1C.[CH3-].[CH3-].[Zr+4].[c-]1ccccc1. The van der Waals surface area contributed by atoms with Crippen LogP contribution in [-0.4, -0.2) is 0 Å². The molecular weight excluding hydrogens is 466 g/mol. The summed E-state index contributed by atoms with van der Waals surface area (Å²) in [6, 6.07) is 12.5. The van der Waals surface area contributed by atoms with Gasteiger partial charge in [0.1, 0.15) is 0 Å². The second-order valence-electron chi connectivity index (χ2n) is 10.2. The number of hydrogen-bond acceptors (Lipinski definition) is 0. The third kappa shape index (κ3) is 9.87. The Bertz CT molecular complexity index is 509. The fourth-order valence-electron chi connectivity index (χ4n) is 5.47. The normalized spacial score (nSPS) is 37.9. The van der Waals surface area contributed by atoms with Gasteiger partial charge in [0.2, 0.25) is 0 Å². The average molecular weight is 519 g/mol. The molecule has 1 N–H and O–H groups in total. The van der Waals surface area contributed by atoms with Crippen molar-refractivity contribution in [2.45, 2.75) is 69.2 Å². The van der Waals surface area contributed by atoms with Gasteiger partial charge in [-0.25, -0.2) is 0 Å². The van der Waals surface area contributed by atoms with E-state index in [-0.39, 0.29) is 41.1 Å². The van der Waals surface area contributed by atoms with E-state index in [1.807, 2.05) is 37.3 Å². The summed E-state index contributed by atoms with van der Waals surface area (Å²) in [6.45, 7) is 23.2. The van der Waals surface area contributed by atoms with Crippen LogP contribution in [0.3, 0.4) is 0 Å². The number of benzene rings is 1. The molecule has 0 saturated heterocycles. The van der Waals surface area contributed by atoms with Gasteiger partial charge in [-0.05, 0) is 59.2 Å². The van der Waals surface area contributed by atoms with Crippen molar-refractivity contribution >= 4 is 0 Å². The van der Waals surface area contributed by atoms with Crippen LogP contribution in [0, 0.1) is 80.1 Å². The standard InChI is InChI=1S/C12H22N.C10H20.C6H5.2CH3.Zr/c1-7(13)6-12-10(4)8(2)9(3)11(12)5;1-6-7(2)9(4)10(5)8(6)3;1-2-4-6-5-3-1;;;/h6,8-13H,1-5H3;6-10H,1-5H3;1-5H;2*1H3;/q-1;;3*-1;+4/b7-6-;;;;;. The van der Waals surface area contributed by atoms with Crippen LogP contribution in [0.15, 0.2) is 42.1 Å². The van der Waals surface area contributed by atoms with Gasteiger partial charge in [0.05, 0.1) is 0 Å². The molecule has 1 aromatic carbocycles. The second-order valence-corrected chi connectivity index (χ2v) is 10.2. The first-order valence-electron chi connectivity index (χ1n) is 11.8. The van der Waals surface area contributed by atoms with Gasteiger partial charge in [-0.1, -0.05) is 69.2 Å². The van der Waals surface area contributed by atoms with Crippen LogP contribution in [-0.2, 0) is 26.2 Å². The van der Waals surface area contributed by atoms with E-state index in [9.17, 15) is 0 Å². The van der Waals surface area contributed by atoms with Gasteiger partial charge < -0.3 is 20.6 Å². The molecule has 0 aromatic heterocycles. The van der Waals surface area contributed by atoms with Gasteiger partial charge >= 0.3 is 26.2 Å². The van der Waals surface area contributed by atoms with E-state index in [2.05, 4.69) is 74.5 Å². The van der Waals surface area contributed by atoms with E-state index in [0.29, 0.717) is 5.92 Å². The Morgan fingerprint density at radius 3 is 1.06 bits per heavy atom. The molecule has 0 heterocycles. The molecule has 2 aliphatic rings. The van der Waals surface area contributed by atoms with Gasteiger partial charge in [0.25, 0.3) is 0 Å². The van der Waals surface area contributed by atoms with Crippen molar-refractivity contribution in [3.63, 3.8) is 0 Å². The summed E-state index contributed by atoms with van der Waals surface area (Å²) in [5, 5.41) is 0. The smallest absolute Gasteiger partial charge is 0.703 e. The average Bonchev–Trinajstić information content (AvgIpc) is 3.00. The minimum atomic E-state index is 0. The Morgan fingerprint density at radius 1 is 0.594 bits per heavy atom. The van der Waals surface area contributed by atoms with Crippen molar-refractivity contribution < 1.29 is 26.2 Å². The molecule has 4 unspecified atom stereocenters. The second kappa shape index (κ2) is 17.1. The molecule has 3 rings (SSSR count). The summed E-state index contributed by atoms with van der Waals surface area (Å²) in [5.74, 6) is 8.39. The Balaban J connectivity index is -0.000000397. The maximum atomic E-state index is 7.52. The number of hydrogen-bond donors (Lipinski definition) is 0. The van der Waals surface area contributed by atoms with Crippen molar-refractivity contribution in [3.8, 4) is 0 Å². The zero-order valence-corrected chi connectivity index (χ0v) is 25.7. The largest absolute Gasteiger partial charge is 4.00 e. The van der Waals surface area contributed by atoms with Gasteiger partial charge in [-0.3, -0.25) is 0 Å². The molecule has 32 heavy (non-hydrogen) atoms. The van der Waals surface area contributed by atoms with E-state index < -0.39 is 0 Å². The minimum absolute atomic E-state index is 0. The van der Waals surface area contributed by atoms with Crippen LogP contribution >= 0.6 is 0 Å². The van der Waals surface area contributed by atoms with E-state index in [1.165, 1.54) is 0 Å². The quantitative estimate of drug-likeness (QED) is 0.330. The first-order chi connectivity index (χ1) is 13.5. The molecule has 0 bridgehead atoms. The Hall–Kier alpha value is -0.357. The molecule has 2 heteroatoms. The number of nitrogens with one attached hydrogen (secondary N) is 1. The zero-order valence-electron chi connectivity index (χ0n) is 23.2. The van der Waals surface area contributed by atoms with Crippen molar-refractivity contribution in [1.29, 1.82) is 0 Å². The molecule has 2 fully saturated rings. The predicted molar refractivity (Wildman–Crippen MR) is 142 cm³/mol. The molecule has 1 nitrogen and oxygen atoms in total. The molecule has 0 amide bonds. The molecule has 0 spiro atoms. The molecule has 4 atom stereocenters. The van der Waals surface area contributed by atoms with Crippen molar-refractivity contribution in [3.05, 3.63) is 68.8 Å². The van der Waals surface area contributed by atoms with Crippen LogP contribution in [0.2, 0.25) is 0 Å². The molecule has 0 aliphatic heterocycles. The van der Waals surface area contributed by atoms with Crippen molar-refractivity contribution in [2.24, 2.45) is 59.2 Å². The first-order valence-corrected chi connectivity index (χ1v) is 11.8. The van der Waals surface area contributed by atoms with Gasteiger partial charge in [0.15, 0.2) is 0 Å². The van der Waals surface area contributed by atoms with E-state index >= 15 is 0 Å². The Morgan fingerprint density at radius 2 is 0.875 bits per heavy atom. The monoisotopic (exact) mass is 517 g/mol. The summed E-state index contributed by atoms with van der Waals surface area (Å²) in [6.07, 6.45) is 2.15. The maximum absolute atomic E-state index is 7.52. The number of allylic oxidation sites excluding steroid dienone is 2. The minimum Gasteiger partial charge on any atom is -0.703 e. The first kappa shape index (κ1) is 36.2. The number of rotatable bonds is 1. The predicted octanol–water partition coefficient (Wildman–Crippen LogP) is 9.68. The molecule has 0 radical (unpaired) electrons. The topological polar surface area (TPSA) is 23.8 Å². The van der Waals surface area contributed by atoms with Crippen LogP contribution in [0.1, 0.15) is 69.2 Å². The summed E-state index contributed by atoms with van der Waals surface area (Å²) >= 11 is 0. The third-order valence-electron chi connectivity index (χ3n) is 8.90. The summed E-state index contributed by atoms with van der Waals surface area (Å²) in [7, 11) is 0. The van der Waals surface area contributed by atoms with Gasteiger partial charge in [-0.2, -0.15) is 42.1 Å². The van der Waals surface area contributed by atoms with E-state index in [4.69, 9.17) is 5.73 Å². The van der Waals surface area contributed by atoms with Crippen LogP contribution in [0.4, 0.5) is 0 Å². The fourth-order valence-corrected chi connectivity index (χ4v) is 5.47. The molecule has 182 valence electrons. The zero-order chi connectivity index (χ0) is 22.3. The van der Waals surface area contributed by atoms with Crippen LogP contribution < -0.4 is 0 Å². The summed E-state index contributed by atoms with van der Waals surface area (Å²) in [4.78, 5) is 0. The van der Waals surface area contributed by atoms with Crippen molar-refractivity contribution in [2.75, 3.05) is 0 Å². The molecule has 2 aliphatic carbocycles. The molecular formula is C30H53NZr. The summed E-state index contributed by atoms with van der Waals surface area (Å²) < 4.78 is 0. The van der Waals surface area contributed by atoms with Crippen LogP contribution in [0.5, 0.6) is 0 Å². The van der Waals surface area contributed by atoms with Crippen molar-refractivity contribution in [1.82, 2.24) is 0 Å². The maximum Gasteiger partial charge on any atom is 4.00 e. The van der Waals surface area contributed by atoms with E-state index in [1.54, 1.807) is 0 Å². The van der Waals surface area contributed by atoms with E-state index in [0.717, 1.165) is 59.0 Å². The molecule has 1 aromatic rings. The molecule has 2 saturated carbocycles. The fraction of sp³-hybridized carbons (Fsp3) is 0.667. The summed E-state index contributed by atoms with van der Waals surface area (Å²) in [5.41, 5.74) is 8.24. The Labute approximate surface area is 222 Å².